The highest BCUT2D eigenvalue weighted by Crippen LogP contribution is 2.52. The van der Waals surface area contributed by atoms with Crippen molar-refractivity contribution in [1.82, 2.24) is 0 Å². The average molecular weight is 456 g/mol. The van der Waals surface area contributed by atoms with Gasteiger partial charge in [-0.05, 0) is 87.9 Å². The van der Waals surface area contributed by atoms with Crippen LogP contribution in [0.2, 0.25) is 0 Å². The molecule has 0 spiro atoms. The molecule has 0 fully saturated rings. The van der Waals surface area contributed by atoms with Gasteiger partial charge in [0.25, 0.3) is 0 Å². The minimum absolute atomic E-state index is 0.0451. The van der Waals surface area contributed by atoms with Gasteiger partial charge in [0.15, 0.2) is 0 Å². The van der Waals surface area contributed by atoms with Gasteiger partial charge in [-0.1, -0.05) is 67.5 Å². The maximum absolute atomic E-state index is 11.3. The second-order valence-corrected chi connectivity index (χ2v) is 12.6. The molecule has 1 N–H and O–H groups in total. The van der Waals surface area contributed by atoms with Crippen LogP contribution in [0.3, 0.4) is 0 Å². The van der Waals surface area contributed by atoms with Crippen LogP contribution in [0.1, 0.15) is 97.4 Å². The van der Waals surface area contributed by atoms with Gasteiger partial charge in [-0.3, -0.25) is 0 Å². The Hall–Kier alpha value is -1.53. The third-order valence-electron chi connectivity index (χ3n) is 6.90. The van der Waals surface area contributed by atoms with E-state index in [1.54, 1.807) is 0 Å². The van der Waals surface area contributed by atoms with Crippen molar-refractivity contribution >= 4 is 19.6 Å². The fourth-order valence-corrected chi connectivity index (χ4v) is 6.65. The molecule has 0 aliphatic carbocycles. The number of phenols is 1. The minimum Gasteiger partial charge on any atom is -0.507 e. The van der Waals surface area contributed by atoms with Crippen LogP contribution in [0.4, 0.5) is 5.69 Å². The summed E-state index contributed by atoms with van der Waals surface area (Å²) < 4.78 is 0. The van der Waals surface area contributed by atoms with Crippen molar-refractivity contribution in [3.05, 3.63) is 52.6 Å². The lowest BCUT2D eigenvalue weighted by Gasteiger charge is -2.39. The number of phenolic OH excluding ortho intramolecular Hbond substituents is 1. The number of hydrogen-bond donors (Lipinski definition) is 1. The highest BCUT2D eigenvalue weighted by molar-refractivity contribution is 7.49. The summed E-state index contributed by atoms with van der Waals surface area (Å²) in [6.45, 7) is 24.8. The first-order chi connectivity index (χ1) is 14.8. The summed E-state index contributed by atoms with van der Waals surface area (Å²) in [5.74, 6) is 0.480. The molecular weight excluding hydrogens is 409 g/mol. The second-order valence-electron chi connectivity index (χ2n) is 10.9. The fraction of sp³-hybridized carbons (Fsp3) is 0.586. The molecule has 0 aromatic heterocycles. The molecule has 2 aromatic carbocycles. The van der Waals surface area contributed by atoms with E-state index in [2.05, 4.69) is 104 Å². The van der Waals surface area contributed by atoms with Crippen molar-refractivity contribution in [2.45, 2.75) is 112 Å². The number of rotatable bonds is 8. The molecule has 3 heteroatoms. The number of anilines is 1. The highest BCUT2D eigenvalue weighted by Gasteiger charge is 2.35. The quantitative estimate of drug-likeness (QED) is 0.408. The predicted octanol–water partition coefficient (Wildman–Crippen LogP) is 7.95. The molecule has 2 rings (SSSR count). The first kappa shape index (κ1) is 26.7. The van der Waals surface area contributed by atoms with Gasteiger partial charge in [0, 0.05) is 28.5 Å². The molecule has 0 amide bonds. The van der Waals surface area contributed by atoms with Crippen LogP contribution in [0.15, 0.2) is 30.3 Å². The number of nitrogens with zero attached hydrogens (tertiary/aromatic N) is 1. The van der Waals surface area contributed by atoms with Crippen LogP contribution in [-0.2, 0) is 10.6 Å². The molecule has 2 nitrogen and oxygen atoms in total. The second kappa shape index (κ2) is 10.2. The SMILES string of the molecule is CCC(CC)(Pc1c(C)cccc1N(C(C)C)C(C)C)c1cc(C(C)(C)C)cc(C)c1O. The molecule has 0 saturated heterocycles. The van der Waals surface area contributed by atoms with Gasteiger partial charge in [0.2, 0.25) is 0 Å². The van der Waals surface area contributed by atoms with Gasteiger partial charge in [0.05, 0.1) is 0 Å². The third-order valence-corrected chi connectivity index (χ3v) is 9.25. The van der Waals surface area contributed by atoms with E-state index in [1.807, 2.05) is 6.92 Å². The summed E-state index contributed by atoms with van der Waals surface area (Å²) in [7, 11) is 0.590. The first-order valence-electron chi connectivity index (χ1n) is 12.3. The lowest BCUT2D eigenvalue weighted by Crippen LogP contribution is -2.40. The van der Waals surface area contributed by atoms with E-state index < -0.39 is 0 Å². The van der Waals surface area contributed by atoms with E-state index in [0.29, 0.717) is 26.4 Å². The molecule has 0 bridgehead atoms. The Balaban J connectivity index is 2.76. The van der Waals surface area contributed by atoms with Crippen LogP contribution in [0, 0.1) is 13.8 Å². The molecular formula is C29H46NOP. The first-order valence-corrected chi connectivity index (χ1v) is 13.3. The molecule has 0 saturated carbocycles. The van der Waals surface area contributed by atoms with Gasteiger partial charge in [-0.2, -0.15) is 0 Å². The van der Waals surface area contributed by atoms with Crippen molar-refractivity contribution in [1.29, 1.82) is 0 Å². The Bertz CT molecular complexity index is 911. The van der Waals surface area contributed by atoms with E-state index >= 15 is 0 Å². The maximum atomic E-state index is 11.3. The average Bonchev–Trinajstić information content (AvgIpc) is 2.69. The van der Waals surface area contributed by atoms with Gasteiger partial charge in [-0.25, -0.2) is 0 Å². The number of aryl methyl sites for hydroxylation is 2. The van der Waals surface area contributed by atoms with Crippen LogP contribution in [-0.4, -0.2) is 17.2 Å². The molecule has 0 aliphatic heterocycles. The standard InChI is InChI=1S/C29H46NOP/c1-12-29(13-2,24-18-23(28(9,10)11)17-22(8)26(24)31)32-27-21(7)15-14-16-25(27)30(19(3)4)20(5)6/h14-20,31-32H,12-13H2,1-11H3. The Labute approximate surface area is 199 Å². The van der Waals surface area contributed by atoms with E-state index in [4.69, 9.17) is 0 Å². The lowest BCUT2D eigenvalue weighted by atomic mass is 9.81. The highest BCUT2D eigenvalue weighted by atomic mass is 31.1. The van der Waals surface area contributed by atoms with E-state index in [9.17, 15) is 5.11 Å². The zero-order chi connectivity index (χ0) is 24.4. The van der Waals surface area contributed by atoms with Crippen molar-refractivity contribution in [3.63, 3.8) is 0 Å². The van der Waals surface area contributed by atoms with Gasteiger partial charge in [-0.15, -0.1) is 0 Å². The molecule has 0 aliphatic rings. The molecule has 1 atom stereocenters. The maximum Gasteiger partial charge on any atom is 0.122 e. The summed E-state index contributed by atoms with van der Waals surface area (Å²) in [4.78, 5) is 2.54. The summed E-state index contributed by atoms with van der Waals surface area (Å²) >= 11 is 0. The summed E-state index contributed by atoms with van der Waals surface area (Å²) in [5, 5.41) is 12.6. The van der Waals surface area contributed by atoms with Crippen LogP contribution < -0.4 is 10.2 Å². The predicted molar refractivity (Wildman–Crippen MR) is 146 cm³/mol. The molecule has 0 heterocycles. The molecule has 2 aromatic rings. The van der Waals surface area contributed by atoms with Crippen LogP contribution in [0.5, 0.6) is 5.75 Å². The minimum atomic E-state index is -0.0867. The Morgan fingerprint density at radius 3 is 1.94 bits per heavy atom. The van der Waals surface area contributed by atoms with Gasteiger partial charge < -0.3 is 10.0 Å². The summed E-state index contributed by atoms with van der Waals surface area (Å²) in [6, 6.07) is 12.0. The van der Waals surface area contributed by atoms with E-state index in [0.717, 1.165) is 24.0 Å². The molecule has 1 unspecified atom stereocenters. The number of benzene rings is 2. The molecule has 0 radical (unpaired) electrons. The molecule has 178 valence electrons. The zero-order valence-electron chi connectivity index (χ0n) is 22.4. The fourth-order valence-electron chi connectivity index (χ4n) is 4.87. The lowest BCUT2D eigenvalue weighted by molar-refractivity contribution is 0.442. The summed E-state index contributed by atoms with van der Waals surface area (Å²) in [6.07, 6.45) is 2.00. The van der Waals surface area contributed by atoms with E-state index in [1.165, 1.54) is 22.1 Å². The van der Waals surface area contributed by atoms with Crippen LogP contribution in [0.25, 0.3) is 0 Å². The monoisotopic (exact) mass is 455 g/mol. The topological polar surface area (TPSA) is 23.5 Å². The Kier molecular flexibility index (Phi) is 8.49. The van der Waals surface area contributed by atoms with Gasteiger partial charge >= 0.3 is 0 Å². The largest absolute Gasteiger partial charge is 0.507 e. The van der Waals surface area contributed by atoms with Crippen molar-refractivity contribution < 1.29 is 5.11 Å². The summed E-state index contributed by atoms with van der Waals surface area (Å²) in [5.41, 5.74) is 6.16. The van der Waals surface area contributed by atoms with Crippen molar-refractivity contribution in [2.24, 2.45) is 0 Å². The van der Waals surface area contributed by atoms with Crippen molar-refractivity contribution in [2.75, 3.05) is 4.90 Å². The van der Waals surface area contributed by atoms with Crippen molar-refractivity contribution in [3.8, 4) is 5.75 Å². The number of hydrogen-bond acceptors (Lipinski definition) is 2. The normalized spacial score (nSPS) is 13.0. The van der Waals surface area contributed by atoms with Gasteiger partial charge in [0.1, 0.15) is 5.75 Å². The molecule has 32 heavy (non-hydrogen) atoms. The van der Waals surface area contributed by atoms with Crippen LogP contribution >= 0.6 is 8.58 Å². The smallest absolute Gasteiger partial charge is 0.122 e. The number of aromatic hydroxyl groups is 1. The van der Waals surface area contributed by atoms with E-state index in [-0.39, 0.29) is 10.6 Å². The third kappa shape index (κ3) is 5.33. The Morgan fingerprint density at radius 1 is 0.906 bits per heavy atom. The zero-order valence-corrected chi connectivity index (χ0v) is 23.4. The Morgan fingerprint density at radius 2 is 1.47 bits per heavy atom.